The van der Waals surface area contributed by atoms with Gasteiger partial charge in [-0.2, -0.15) is 0 Å². The second-order valence-corrected chi connectivity index (χ2v) is 6.21. The van der Waals surface area contributed by atoms with Crippen LogP contribution in [-0.2, 0) is 6.54 Å². The topological polar surface area (TPSA) is 56.5 Å². The van der Waals surface area contributed by atoms with E-state index in [1.807, 2.05) is 28.9 Å². The molecule has 0 unspecified atom stereocenters. The average Bonchev–Trinajstić information content (AvgIpc) is 3.14. The van der Waals surface area contributed by atoms with Crippen LogP contribution in [0.2, 0.25) is 0 Å². The Morgan fingerprint density at radius 2 is 1.89 bits per heavy atom. The van der Waals surface area contributed by atoms with Crippen LogP contribution in [0.3, 0.4) is 0 Å². The second-order valence-electron chi connectivity index (χ2n) is 6.21. The Kier molecular flexibility index (Phi) is 4.83. The third-order valence-electron chi connectivity index (χ3n) is 4.13. The SMILES string of the molecule is Cc1cccc(-c2nc(-c3cnccn3)nn2C/C=C/c2ccccc2)c1. The van der Waals surface area contributed by atoms with Crippen LogP contribution in [0, 0.1) is 6.92 Å². The van der Waals surface area contributed by atoms with Gasteiger partial charge in [-0.05, 0) is 18.6 Å². The summed E-state index contributed by atoms with van der Waals surface area (Å²) in [4.78, 5) is 13.2. The smallest absolute Gasteiger partial charge is 0.201 e. The van der Waals surface area contributed by atoms with E-state index in [2.05, 4.69) is 64.5 Å². The maximum Gasteiger partial charge on any atom is 0.201 e. The van der Waals surface area contributed by atoms with Crippen molar-refractivity contribution in [2.24, 2.45) is 0 Å². The summed E-state index contributed by atoms with van der Waals surface area (Å²) in [5.41, 5.74) is 4.04. The lowest BCUT2D eigenvalue weighted by atomic mass is 10.1. The Morgan fingerprint density at radius 3 is 2.67 bits per heavy atom. The predicted molar refractivity (Wildman–Crippen MR) is 107 cm³/mol. The minimum absolute atomic E-state index is 0.577. The summed E-state index contributed by atoms with van der Waals surface area (Å²) in [6, 6.07) is 18.5. The van der Waals surface area contributed by atoms with E-state index in [4.69, 9.17) is 4.98 Å². The molecule has 0 saturated heterocycles. The van der Waals surface area contributed by atoms with Gasteiger partial charge in [-0.25, -0.2) is 14.6 Å². The van der Waals surface area contributed by atoms with E-state index in [1.54, 1.807) is 18.6 Å². The van der Waals surface area contributed by atoms with Crippen molar-refractivity contribution < 1.29 is 0 Å². The van der Waals surface area contributed by atoms with Gasteiger partial charge in [0.1, 0.15) is 5.69 Å². The Morgan fingerprint density at radius 1 is 1.00 bits per heavy atom. The molecule has 0 atom stereocenters. The summed E-state index contributed by atoms with van der Waals surface area (Å²) in [6.45, 7) is 2.69. The molecule has 5 heteroatoms. The van der Waals surface area contributed by atoms with E-state index in [1.165, 1.54) is 5.56 Å². The van der Waals surface area contributed by atoms with E-state index in [-0.39, 0.29) is 0 Å². The fourth-order valence-electron chi connectivity index (χ4n) is 2.84. The zero-order valence-corrected chi connectivity index (χ0v) is 15.0. The number of hydrogen-bond acceptors (Lipinski definition) is 4. The van der Waals surface area contributed by atoms with Crippen LogP contribution in [0.1, 0.15) is 11.1 Å². The van der Waals surface area contributed by atoms with Gasteiger partial charge < -0.3 is 0 Å². The van der Waals surface area contributed by atoms with E-state index >= 15 is 0 Å². The van der Waals surface area contributed by atoms with Crippen molar-refractivity contribution in [3.63, 3.8) is 0 Å². The molecule has 4 aromatic rings. The molecule has 5 nitrogen and oxygen atoms in total. The highest BCUT2D eigenvalue weighted by molar-refractivity contribution is 5.60. The van der Waals surface area contributed by atoms with Crippen molar-refractivity contribution >= 4 is 6.08 Å². The average molecular weight is 353 g/mol. The fourth-order valence-corrected chi connectivity index (χ4v) is 2.84. The van der Waals surface area contributed by atoms with Crippen molar-refractivity contribution in [3.05, 3.63) is 90.4 Å². The number of nitrogens with zero attached hydrogens (tertiary/aromatic N) is 5. The molecule has 0 fully saturated rings. The summed E-state index contributed by atoms with van der Waals surface area (Å²) < 4.78 is 1.90. The van der Waals surface area contributed by atoms with Gasteiger partial charge in [0.15, 0.2) is 5.82 Å². The van der Waals surface area contributed by atoms with Crippen LogP contribution in [0.4, 0.5) is 0 Å². The molecule has 0 amide bonds. The number of hydrogen-bond donors (Lipinski definition) is 0. The number of aromatic nitrogens is 5. The molecule has 27 heavy (non-hydrogen) atoms. The minimum atomic E-state index is 0.577. The molecule has 4 rings (SSSR count). The molecule has 0 saturated carbocycles. The number of benzene rings is 2. The maximum atomic E-state index is 4.73. The van der Waals surface area contributed by atoms with Crippen molar-refractivity contribution in [2.75, 3.05) is 0 Å². The monoisotopic (exact) mass is 353 g/mol. The highest BCUT2D eigenvalue weighted by atomic mass is 15.3. The van der Waals surface area contributed by atoms with Crippen molar-refractivity contribution in [1.29, 1.82) is 0 Å². The van der Waals surface area contributed by atoms with Gasteiger partial charge in [-0.1, -0.05) is 66.2 Å². The zero-order valence-electron chi connectivity index (χ0n) is 15.0. The number of allylic oxidation sites excluding steroid dienone is 1. The third kappa shape index (κ3) is 3.98. The minimum Gasteiger partial charge on any atom is -0.261 e. The zero-order chi connectivity index (χ0) is 18.5. The lowest BCUT2D eigenvalue weighted by Gasteiger charge is -2.04. The van der Waals surface area contributed by atoms with Crippen LogP contribution >= 0.6 is 0 Å². The van der Waals surface area contributed by atoms with Crippen LogP contribution in [0.15, 0.2) is 79.3 Å². The second kappa shape index (κ2) is 7.74. The van der Waals surface area contributed by atoms with Crippen LogP contribution in [0.25, 0.3) is 29.0 Å². The van der Waals surface area contributed by atoms with Gasteiger partial charge in [0.2, 0.25) is 5.82 Å². The van der Waals surface area contributed by atoms with Crippen molar-refractivity contribution in [2.45, 2.75) is 13.5 Å². The lowest BCUT2D eigenvalue weighted by Crippen LogP contribution is -2.01. The number of rotatable bonds is 5. The largest absolute Gasteiger partial charge is 0.261 e. The van der Waals surface area contributed by atoms with E-state index in [0.717, 1.165) is 17.0 Å². The molecule has 0 N–H and O–H groups in total. The predicted octanol–water partition coefficient (Wildman–Crippen LogP) is 4.42. The Bertz CT molecular complexity index is 1050. The van der Waals surface area contributed by atoms with Crippen LogP contribution in [0.5, 0.6) is 0 Å². The molecule has 2 aromatic carbocycles. The van der Waals surface area contributed by atoms with Gasteiger partial charge in [-0.3, -0.25) is 4.98 Å². The van der Waals surface area contributed by atoms with Gasteiger partial charge >= 0.3 is 0 Å². The summed E-state index contributed by atoms with van der Waals surface area (Å²) in [5, 5.41) is 4.67. The summed E-state index contributed by atoms with van der Waals surface area (Å²) in [5.74, 6) is 1.39. The molecule has 0 radical (unpaired) electrons. The van der Waals surface area contributed by atoms with Gasteiger partial charge in [0.25, 0.3) is 0 Å². The van der Waals surface area contributed by atoms with Crippen LogP contribution < -0.4 is 0 Å². The van der Waals surface area contributed by atoms with Gasteiger partial charge in [-0.15, -0.1) is 5.10 Å². The standard InChI is InChI=1S/C22H19N5/c1-17-7-5-11-19(15-17)22-25-21(20-16-23-12-13-24-20)26-27(22)14-6-10-18-8-3-2-4-9-18/h2-13,15-16H,14H2,1H3/b10-6+. The quantitative estimate of drug-likeness (QED) is 0.533. The Balaban J connectivity index is 1.70. The Hall–Kier alpha value is -3.60. The van der Waals surface area contributed by atoms with Crippen LogP contribution in [-0.4, -0.2) is 24.7 Å². The molecule has 0 spiro atoms. The molecule has 0 aliphatic heterocycles. The van der Waals surface area contributed by atoms with Gasteiger partial charge in [0, 0.05) is 18.0 Å². The molecular formula is C22H19N5. The molecule has 132 valence electrons. The first-order chi connectivity index (χ1) is 13.3. The van der Waals surface area contributed by atoms with E-state index in [0.29, 0.717) is 18.1 Å². The Labute approximate surface area is 158 Å². The molecule has 2 aromatic heterocycles. The fraction of sp³-hybridized carbons (Fsp3) is 0.0909. The summed E-state index contributed by atoms with van der Waals surface area (Å²) in [6.07, 6.45) is 9.15. The normalized spacial score (nSPS) is 11.1. The molecule has 0 aliphatic rings. The summed E-state index contributed by atoms with van der Waals surface area (Å²) in [7, 11) is 0. The summed E-state index contributed by atoms with van der Waals surface area (Å²) >= 11 is 0. The van der Waals surface area contributed by atoms with Crippen molar-refractivity contribution in [3.8, 4) is 22.9 Å². The van der Waals surface area contributed by atoms with E-state index in [9.17, 15) is 0 Å². The lowest BCUT2D eigenvalue weighted by molar-refractivity contribution is 0.711. The molecule has 2 heterocycles. The molecular weight excluding hydrogens is 334 g/mol. The van der Waals surface area contributed by atoms with Crippen molar-refractivity contribution in [1.82, 2.24) is 24.7 Å². The molecule has 0 aliphatic carbocycles. The van der Waals surface area contributed by atoms with E-state index < -0.39 is 0 Å². The first kappa shape index (κ1) is 16.8. The molecule has 0 bridgehead atoms. The first-order valence-electron chi connectivity index (χ1n) is 8.79. The first-order valence-corrected chi connectivity index (χ1v) is 8.79. The third-order valence-corrected chi connectivity index (χ3v) is 4.13. The number of aryl methyl sites for hydroxylation is 1. The highest BCUT2D eigenvalue weighted by Crippen LogP contribution is 2.22. The maximum absolute atomic E-state index is 4.73. The highest BCUT2D eigenvalue weighted by Gasteiger charge is 2.13. The van der Waals surface area contributed by atoms with Gasteiger partial charge in [0.05, 0.1) is 12.7 Å².